The van der Waals surface area contributed by atoms with Crippen LogP contribution in [0.5, 0.6) is 0 Å². The molecule has 33 heavy (non-hydrogen) atoms. The molecule has 0 unspecified atom stereocenters. The second kappa shape index (κ2) is 9.84. The molecule has 0 aliphatic heterocycles. The minimum absolute atomic E-state index is 0.0424. The van der Waals surface area contributed by atoms with Gasteiger partial charge in [0.1, 0.15) is 5.69 Å². The quantitative estimate of drug-likeness (QED) is 0.409. The van der Waals surface area contributed by atoms with E-state index in [1.54, 1.807) is 24.7 Å². The SMILES string of the molecule is CCCc1ccc(-c2cnc(N)c(C(=O)Cc3cnccc3-c3ccccc3C#N)n2)cc1. The van der Waals surface area contributed by atoms with Gasteiger partial charge in [-0.3, -0.25) is 9.78 Å². The lowest BCUT2D eigenvalue weighted by Crippen LogP contribution is -2.12. The number of Topliss-reactive ketones (excluding diaryl/α,β-unsaturated/α-hetero) is 1. The molecular formula is C27H23N5O. The van der Waals surface area contributed by atoms with E-state index in [0.29, 0.717) is 16.8 Å². The van der Waals surface area contributed by atoms with Crippen molar-refractivity contribution < 1.29 is 4.79 Å². The van der Waals surface area contributed by atoms with Gasteiger partial charge in [-0.2, -0.15) is 5.26 Å². The Morgan fingerprint density at radius 1 is 1.03 bits per heavy atom. The summed E-state index contributed by atoms with van der Waals surface area (Å²) in [6.45, 7) is 2.14. The van der Waals surface area contributed by atoms with Crippen LogP contribution in [0.4, 0.5) is 5.82 Å². The Kier molecular flexibility index (Phi) is 6.51. The van der Waals surface area contributed by atoms with Gasteiger partial charge in [0, 0.05) is 24.4 Å². The Labute approximate surface area is 192 Å². The first-order valence-electron chi connectivity index (χ1n) is 10.8. The van der Waals surface area contributed by atoms with Crippen LogP contribution in [0.1, 0.15) is 40.5 Å². The zero-order valence-corrected chi connectivity index (χ0v) is 18.3. The molecule has 162 valence electrons. The van der Waals surface area contributed by atoms with Gasteiger partial charge in [-0.1, -0.05) is 55.8 Å². The number of rotatable bonds is 7. The third-order valence-corrected chi connectivity index (χ3v) is 5.45. The summed E-state index contributed by atoms with van der Waals surface area (Å²) < 4.78 is 0. The predicted molar refractivity (Wildman–Crippen MR) is 128 cm³/mol. The van der Waals surface area contributed by atoms with Gasteiger partial charge in [-0.25, -0.2) is 9.97 Å². The zero-order chi connectivity index (χ0) is 23.2. The maximum absolute atomic E-state index is 13.2. The summed E-state index contributed by atoms with van der Waals surface area (Å²) in [5, 5.41) is 9.49. The van der Waals surface area contributed by atoms with Gasteiger partial charge in [0.25, 0.3) is 0 Å². The highest BCUT2D eigenvalue weighted by molar-refractivity contribution is 6.00. The minimum Gasteiger partial charge on any atom is -0.382 e. The van der Waals surface area contributed by atoms with Crippen molar-refractivity contribution in [3.05, 3.63) is 95.6 Å². The molecule has 0 spiro atoms. The molecule has 0 bridgehead atoms. The molecule has 0 saturated heterocycles. The highest BCUT2D eigenvalue weighted by Crippen LogP contribution is 2.28. The van der Waals surface area contributed by atoms with Crippen molar-refractivity contribution in [2.75, 3.05) is 5.73 Å². The Morgan fingerprint density at radius 3 is 2.58 bits per heavy atom. The van der Waals surface area contributed by atoms with E-state index >= 15 is 0 Å². The van der Waals surface area contributed by atoms with Crippen molar-refractivity contribution in [3.8, 4) is 28.5 Å². The summed E-state index contributed by atoms with van der Waals surface area (Å²) in [6, 6.07) is 19.4. The summed E-state index contributed by atoms with van der Waals surface area (Å²) in [6.07, 6.45) is 7.00. The Bertz CT molecular complexity index is 1340. The van der Waals surface area contributed by atoms with E-state index in [0.717, 1.165) is 29.5 Å². The van der Waals surface area contributed by atoms with Gasteiger partial charge in [0.2, 0.25) is 0 Å². The lowest BCUT2D eigenvalue weighted by molar-refractivity contribution is 0.0989. The normalized spacial score (nSPS) is 10.5. The molecular weight excluding hydrogens is 410 g/mol. The fourth-order valence-corrected chi connectivity index (χ4v) is 3.78. The maximum atomic E-state index is 13.2. The molecule has 0 aliphatic rings. The first-order chi connectivity index (χ1) is 16.1. The molecule has 0 saturated carbocycles. The van der Waals surface area contributed by atoms with Crippen LogP contribution in [0.15, 0.2) is 73.2 Å². The van der Waals surface area contributed by atoms with Gasteiger partial charge in [-0.15, -0.1) is 0 Å². The summed E-state index contributed by atoms with van der Waals surface area (Å²) in [4.78, 5) is 26.2. The highest BCUT2D eigenvalue weighted by atomic mass is 16.1. The highest BCUT2D eigenvalue weighted by Gasteiger charge is 2.18. The van der Waals surface area contributed by atoms with Crippen molar-refractivity contribution in [3.63, 3.8) is 0 Å². The van der Waals surface area contributed by atoms with Crippen molar-refractivity contribution in [2.45, 2.75) is 26.2 Å². The van der Waals surface area contributed by atoms with Gasteiger partial charge in [0.05, 0.1) is 23.5 Å². The number of aryl methyl sites for hydroxylation is 1. The van der Waals surface area contributed by atoms with E-state index < -0.39 is 0 Å². The van der Waals surface area contributed by atoms with Crippen molar-refractivity contribution in [2.24, 2.45) is 0 Å². The molecule has 6 nitrogen and oxygen atoms in total. The van der Waals surface area contributed by atoms with Crippen LogP contribution in [-0.2, 0) is 12.8 Å². The molecule has 2 heterocycles. The van der Waals surface area contributed by atoms with Crippen LogP contribution in [0.2, 0.25) is 0 Å². The molecule has 2 aromatic heterocycles. The first-order valence-corrected chi connectivity index (χ1v) is 10.8. The van der Waals surface area contributed by atoms with Crippen molar-refractivity contribution in [1.29, 1.82) is 5.26 Å². The predicted octanol–water partition coefficient (Wildman–Crippen LogP) is 5.04. The van der Waals surface area contributed by atoms with Gasteiger partial charge in [0.15, 0.2) is 11.6 Å². The largest absolute Gasteiger partial charge is 0.382 e. The van der Waals surface area contributed by atoms with E-state index in [2.05, 4.69) is 40.1 Å². The van der Waals surface area contributed by atoms with Crippen LogP contribution in [0.25, 0.3) is 22.4 Å². The number of nitriles is 1. The number of anilines is 1. The molecule has 0 fully saturated rings. The molecule has 6 heteroatoms. The number of hydrogen-bond donors (Lipinski definition) is 1. The van der Waals surface area contributed by atoms with Gasteiger partial charge in [-0.05, 0) is 40.8 Å². The van der Waals surface area contributed by atoms with E-state index in [1.165, 1.54) is 5.56 Å². The van der Waals surface area contributed by atoms with Crippen molar-refractivity contribution >= 4 is 11.6 Å². The lowest BCUT2D eigenvalue weighted by Gasteiger charge is -2.11. The number of nitrogens with two attached hydrogens (primary N) is 1. The standard InChI is InChI=1S/C27H23N5O/c1-2-5-18-8-10-19(11-9-18)24-17-31-27(29)26(32-24)25(33)14-21-16-30-13-12-23(21)22-7-4-3-6-20(22)15-28/h3-4,6-13,16-17H,2,5,14H2,1H3,(H2,29,31). The fourth-order valence-electron chi connectivity index (χ4n) is 3.78. The molecule has 4 aromatic rings. The number of nitrogens with zero attached hydrogens (tertiary/aromatic N) is 4. The summed E-state index contributed by atoms with van der Waals surface area (Å²) in [7, 11) is 0. The Hall–Kier alpha value is -4.37. The number of carbonyl (C=O) groups is 1. The number of ketones is 1. The van der Waals surface area contributed by atoms with Crippen molar-refractivity contribution in [1.82, 2.24) is 15.0 Å². The van der Waals surface area contributed by atoms with Gasteiger partial charge >= 0.3 is 0 Å². The molecule has 4 rings (SSSR count). The maximum Gasteiger partial charge on any atom is 0.189 e. The molecule has 2 N–H and O–H groups in total. The number of aromatic nitrogens is 3. The van der Waals surface area contributed by atoms with E-state index in [9.17, 15) is 10.1 Å². The van der Waals surface area contributed by atoms with Gasteiger partial charge < -0.3 is 5.73 Å². The molecule has 2 aromatic carbocycles. The summed E-state index contributed by atoms with van der Waals surface area (Å²) in [5.74, 6) is -0.164. The minimum atomic E-state index is -0.256. The number of pyridine rings is 1. The van der Waals surface area contributed by atoms with E-state index in [1.807, 2.05) is 36.4 Å². The molecule has 0 aliphatic carbocycles. The summed E-state index contributed by atoms with van der Waals surface area (Å²) in [5.41, 5.74) is 11.6. The smallest absolute Gasteiger partial charge is 0.189 e. The topological polar surface area (TPSA) is 106 Å². The number of nitrogen functional groups attached to an aromatic ring is 1. The second-order valence-electron chi connectivity index (χ2n) is 7.73. The average Bonchev–Trinajstić information content (AvgIpc) is 2.85. The third kappa shape index (κ3) is 4.78. The second-order valence-corrected chi connectivity index (χ2v) is 7.73. The van der Waals surface area contributed by atoms with Crippen LogP contribution in [-0.4, -0.2) is 20.7 Å². The first kappa shape index (κ1) is 21.8. The number of benzene rings is 2. The van der Waals surface area contributed by atoms with Crippen LogP contribution in [0, 0.1) is 11.3 Å². The third-order valence-electron chi connectivity index (χ3n) is 5.45. The average molecular weight is 434 g/mol. The monoisotopic (exact) mass is 433 g/mol. The lowest BCUT2D eigenvalue weighted by atomic mass is 9.94. The zero-order valence-electron chi connectivity index (χ0n) is 18.3. The summed E-state index contributed by atoms with van der Waals surface area (Å²) >= 11 is 0. The van der Waals surface area contributed by atoms with Crippen LogP contribution < -0.4 is 5.73 Å². The molecule has 0 atom stereocenters. The fraction of sp³-hybridized carbons (Fsp3) is 0.148. The van der Waals surface area contributed by atoms with Crippen LogP contribution >= 0.6 is 0 Å². The Morgan fingerprint density at radius 2 is 1.82 bits per heavy atom. The van der Waals surface area contributed by atoms with E-state index in [-0.39, 0.29) is 23.7 Å². The molecule has 0 amide bonds. The number of carbonyl (C=O) groups excluding carboxylic acids is 1. The Balaban J connectivity index is 1.65. The number of hydrogen-bond acceptors (Lipinski definition) is 6. The van der Waals surface area contributed by atoms with Crippen LogP contribution in [0.3, 0.4) is 0 Å². The molecule has 0 radical (unpaired) electrons. The van der Waals surface area contributed by atoms with E-state index in [4.69, 9.17) is 5.73 Å².